The highest BCUT2D eigenvalue weighted by atomic mass is 16.5. The molecule has 1 aliphatic heterocycles. The van der Waals surface area contributed by atoms with Crippen molar-refractivity contribution in [2.45, 2.75) is 76.5 Å². The second kappa shape index (κ2) is 10.9. The van der Waals surface area contributed by atoms with E-state index in [1.807, 2.05) is 35.8 Å². The largest absolute Gasteiger partial charge is 0.393 e. The van der Waals surface area contributed by atoms with Gasteiger partial charge in [-0.15, -0.1) is 0 Å². The molecule has 3 heterocycles. The first kappa shape index (κ1) is 25.1. The summed E-state index contributed by atoms with van der Waals surface area (Å²) in [4.78, 5) is 17.6. The maximum absolute atomic E-state index is 12.6. The van der Waals surface area contributed by atoms with Crippen LogP contribution in [0.2, 0.25) is 0 Å². The van der Waals surface area contributed by atoms with E-state index in [1.54, 1.807) is 0 Å². The number of hydrogen-bond acceptors (Lipinski definition) is 7. The third-order valence-electron chi connectivity index (χ3n) is 8.13. The van der Waals surface area contributed by atoms with Crippen molar-refractivity contribution < 1.29 is 14.6 Å². The maximum atomic E-state index is 12.6. The topological polar surface area (TPSA) is 113 Å². The maximum Gasteiger partial charge on any atom is 0.251 e. The summed E-state index contributed by atoms with van der Waals surface area (Å²) in [5.41, 5.74) is 4.35. The van der Waals surface area contributed by atoms with Crippen molar-refractivity contribution in [2.75, 3.05) is 30.4 Å². The molecule has 3 aromatic rings. The van der Waals surface area contributed by atoms with E-state index < -0.39 is 0 Å². The van der Waals surface area contributed by atoms with E-state index in [4.69, 9.17) is 14.8 Å². The van der Waals surface area contributed by atoms with E-state index in [2.05, 4.69) is 22.0 Å². The number of ether oxygens (including phenoxy) is 1. The van der Waals surface area contributed by atoms with Gasteiger partial charge in [-0.25, -0.2) is 4.98 Å². The zero-order valence-electron chi connectivity index (χ0n) is 22.1. The molecule has 9 heteroatoms. The molecule has 2 saturated carbocycles. The van der Waals surface area contributed by atoms with Gasteiger partial charge in [-0.05, 0) is 81.4 Å². The number of carbonyl (C=O) groups is 1. The van der Waals surface area contributed by atoms with Gasteiger partial charge in [0.2, 0.25) is 0 Å². The van der Waals surface area contributed by atoms with Crippen molar-refractivity contribution in [1.29, 1.82) is 0 Å². The number of nitrogens with zero attached hydrogens (tertiary/aromatic N) is 3. The molecule has 3 fully saturated rings. The standard InChI is InChI=1S/C29H38N6O3/c1-18-14-20(4-9-24(18)29(37)33-21-5-6-21)25-17-31-35-27(30-16-19-2-7-23(36)8-3-19)15-26(34-28(25)35)32-22-10-12-38-13-11-22/h4,9,14-15,17,19,21-23,30,36H,2-3,5-8,10-13,16H2,1H3,(H,32,34)(H,33,37). The molecule has 1 aromatic carbocycles. The smallest absolute Gasteiger partial charge is 0.251 e. The van der Waals surface area contributed by atoms with Crippen molar-refractivity contribution in [1.82, 2.24) is 19.9 Å². The van der Waals surface area contributed by atoms with Crippen LogP contribution in [0.5, 0.6) is 0 Å². The second-order valence-corrected chi connectivity index (χ2v) is 11.2. The molecular formula is C29H38N6O3. The van der Waals surface area contributed by atoms with Gasteiger partial charge in [0.25, 0.3) is 5.91 Å². The number of aliphatic hydroxyl groups is 1. The Labute approximate surface area is 223 Å². The lowest BCUT2D eigenvalue weighted by atomic mass is 9.87. The first-order valence-electron chi connectivity index (χ1n) is 14.1. The summed E-state index contributed by atoms with van der Waals surface area (Å²) in [6.07, 6.45) is 9.55. The van der Waals surface area contributed by atoms with Crippen LogP contribution in [0.1, 0.15) is 67.3 Å². The Kier molecular flexibility index (Phi) is 7.21. The minimum atomic E-state index is -0.155. The molecule has 6 rings (SSSR count). The Hall–Kier alpha value is -3.17. The average Bonchev–Trinajstić information content (AvgIpc) is 3.63. The molecule has 3 aliphatic rings. The molecule has 4 N–H and O–H groups in total. The number of hydrogen-bond donors (Lipinski definition) is 4. The fraction of sp³-hybridized carbons (Fsp3) is 0.552. The third kappa shape index (κ3) is 5.63. The predicted molar refractivity (Wildman–Crippen MR) is 148 cm³/mol. The first-order chi connectivity index (χ1) is 18.5. The van der Waals surface area contributed by atoms with Crippen LogP contribution < -0.4 is 16.0 Å². The Morgan fingerprint density at radius 2 is 1.84 bits per heavy atom. The summed E-state index contributed by atoms with van der Waals surface area (Å²) >= 11 is 0. The molecule has 1 amide bonds. The predicted octanol–water partition coefficient (Wildman–Crippen LogP) is 4.15. The van der Waals surface area contributed by atoms with E-state index in [9.17, 15) is 9.90 Å². The van der Waals surface area contributed by atoms with Gasteiger partial charge in [0, 0.05) is 49.0 Å². The Bertz CT molecular complexity index is 1290. The van der Waals surface area contributed by atoms with Gasteiger partial charge in [-0.2, -0.15) is 9.61 Å². The summed E-state index contributed by atoms with van der Waals surface area (Å²) in [6, 6.07) is 8.66. The molecule has 2 aliphatic carbocycles. The van der Waals surface area contributed by atoms with Crippen LogP contribution in [-0.2, 0) is 4.74 Å². The quantitative estimate of drug-likeness (QED) is 0.354. The van der Waals surface area contributed by atoms with E-state index >= 15 is 0 Å². The Morgan fingerprint density at radius 1 is 1.05 bits per heavy atom. The number of rotatable bonds is 8. The summed E-state index contributed by atoms with van der Waals surface area (Å²) in [5, 5.41) is 24.9. The Morgan fingerprint density at radius 3 is 2.58 bits per heavy atom. The number of aliphatic hydroxyl groups excluding tert-OH is 1. The van der Waals surface area contributed by atoms with Crippen LogP contribution in [0.3, 0.4) is 0 Å². The lowest BCUT2D eigenvalue weighted by molar-refractivity contribution is 0.0903. The van der Waals surface area contributed by atoms with Crippen molar-refractivity contribution in [2.24, 2.45) is 5.92 Å². The minimum absolute atomic E-state index is 0.000736. The van der Waals surface area contributed by atoms with E-state index in [0.29, 0.717) is 23.6 Å². The zero-order chi connectivity index (χ0) is 26.1. The number of amides is 1. The van der Waals surface area contributed by atoms with Gasteiger partial charge in [0.1, 0.15) is 11.6 Å². The van der Waals surface area contributed by atoms with Crippen molar-refractivity contribution in [3.63, 3.8) is 0 Å². The summed E-state index contributed by atoms with van der Waals surface area (Å²) < 4.78 is 7.42. The molecule has 2 aromatic heterocycles. The molecule has 38 heavy (non-hydrogen) atoms. The van der Waals surface area contributed by atoms with Crippen molar-refractivity contribution in [3.05, 3.63) is 41.6 Å². The van der Waals surface area contributed by atoms with Gasteiger partial charge < -0.3 is 25.8 Å². The molecule has 0 unspecified atom stereocenters. The molecule has 0 bridgehead atoms. The first-order valence-corrected chi connectivity index (χ1v) is 14.1. The third-order valence-corrected chi connectivity index (χ3v) is 8.13. The van der Waals surface area contributed by atoms with Crippen LogP contribution in [0.25, 0.3) is 16.8 Å². The van der Waals surface area contributed by atoms with E-state index in [1.165, 1.54) is 0 Å². The number of carbonyl (C=O) groups excluding carboxylic acids is 1. The number of fused-ring (bicyclic) bond motifs is 1. The summed E-state index contributed by atoms with van der Waals surface area (Å²) in [6.45, 7) is 4.34. The fourth-order valence-electron chi connectivity index (χ4n) is 5.59. The highest BCUT2D eigenvalue weighted by molar-refractivity contribution is 5.97. The van der Waals surface area contributed by atoms with Crippen LogP contribution in [0, 0.1) is 12.8 Å². The molecular weight excluding hydrogens is 480 g/mol. The van der Waals surface area contributed by atoms with Crippen LogP contribution in [0.4, 0.5) is 11.6 Å². The minimum Gasteiger partial charge on any atom is -0.393 e. The van der Waals surface area contributed by atoms with Gasteiger partial charge in [0.15, 0.2) is 5.65 Å². The van der Waals surface area contributed by atoms with Gasteiger partial charge in [-0.1, -0.05) is 12.1 Å². The lowest BCUT2D eigenvalue weighted by Crippen LogP contribution is -2.28. The normalized spacial score (nSPS) is 22.4. The lowest BCUT2D eigenvalue weighted by Gasteiger charge is -2.26. The van der Waals surface area contributed by atoms with Gasteiger partial charge >= 0.3 is 0 Å². The Balaban J connectivity index is 1.29. The van der Waals surface area contributed by atoms with Gasteiger partial charge in [0.05, 0.1) is 12.3 Å². The molecule has 0 spiro atoms. The number of nitrogens with one attached hydrogen (secondary N) is 3. The monoisotopic (exact) mass is 518 g/mol. The van der Waals surface area contributed by atoms with Crippen LogP contribution in [-0.4, -0.2) is 63.6 Å². The molecule has 0 atom stereocenters. The average molecular weight is 519 g/mol. The zero-order valence-corrected chi connectivity index (χ0v) is 22.1. The van der Waals surface area contributed by atoms with E-state index in [0.717, 1.165) is 105 Å². The van der Waals surface area contributed by atoms with Crippen molar-refractivity contribution in [3.8, 4) is 11.1 Å². The molecule has 1 saturated heterocycles. The van der Waals surface area contributed by atoms with E-state index in [-0.39, 0.29) is 12.0 Å². The molecule has 0 radical (unpaired) electrons. The van der Waals surface area contributed by atoms with Crippen molar-refractivity contribution >= 4 is 23.2 Å². The number of anilines is 2. The number of aromatic nitrogens is 3. The second-order valence-electron chi connectivity index (χ2n) is 11.2. The molecule has 202 valence electrons. The van der Waals surface area contributed by atoms with Crippen LogP contribution >= 0.6 is 0 Å². The summed E-state index contributed by atoms with van der Waals surface area (Å²) in [7, 11) is 0. The molecule has 9 nitrogen and oxygen atoms in total. The summed E-state index contributed by atoms with van der Waals surface area (Å²) in [5.74, 6) is 2.25. The van der Waals surface area contributed by atoms with Crippen LogP contribution in [0.15, 0.2) is 30.5 Å². The highest BCUT2D eigenvalue weighted by Crippen LogP contribution is 2.31. The highest BCUT2D eigenvalue weighted by Gasteiger charge is 2.25. The number of benzene rings is 1. The number of aryl methyl sites for hydroxylation is 1. The fourth-order valence-corrected chi connectivity index (χ4v) is 5.59. The SMILES string of the molecule is Cc1cc(-c2cnn3c(NCC4CCC(O)CC4)cc(NC4CCOCC4)nc23)ccc1C(=O)NC1CC1. The van der Waals surface area contributed by atoms with Gasteiger partial charge in [-0.3, -0.25) is 4.79 Å².